The Hall–Kier alpha value is -2.95. The van der Waals surface area contributed by atoms with Crippen molar-refractivity contribution in [2.75, 3.05) is 0 Å². The molecule has 1 saturated heterocycles. The van der Waals surface area contributed by atoms with Crippen molar-refractivity contribution in [2.45, 2.75) is 0 Å². The molecule has 0 spiro atoms. The number of rotatable bonds is 2. The summed E-state index contributed by atoms with van der Waals surface area (Å²) in [5, 5.41) is 1.10. The Balaban J connectivity index is 1.75. The maximum atomic E-state index is 5.56. The first kappa shape index (κ1) is 12.8. The van der Waals surface area contributed by atoms with E-state index in [-0.39, 0.29) is 0 Å². The third-order valence-corrected chi connectivity index (χ3v) is 3.69. The van der Waals surface area contributed by atoms with Crippen LogP contribution in [0.25, 0.3) is 16.7 Å². The van der Waals surface area contributed by atoms with E-state index in [0.717, 1.165) is 22.2 Å². The largest absolute Gasteiger partial charge is 0.632 e. The van der Waals surface area contributed by atoms with E-state index in [9.17, 15) is 0 Å². The van der Waals surface area contributed by atoms with Crippen molar-refractivity contribution in [2.24, 2.45) is 0 Å². The molecule has 4 nitrogen and oxygen atoms in total. The van der Waals surface area contributed by atoms with Crippen LogP contribution in [-0.2, 0) is 9.31 Å². The van der Waals surface area contributed by atoms with E-state index in [4.69, 9.17) is 9.31 Å². The minimum atomic E-state index is -0.470. The van der Waals surface area contributed by atoms with Gasteiger partial charge in [0, 0.05) is 17.9 Å². The fraction of sp³-hybridized carbons (Fsp3) is 0. The Morgan fingerprint density at radius 3 is 2.55 bits per heavy atom. The molecule has 0 N–H and O–H groups in total. The van der Waals surface area contributed by atoms with Gasteiger partial charge in [0.25, 0.3) is 0 Å². The predicted molar refractivity (Wildman–Crippen MR) is 86.9 cm³/mol. The van der Waals surface area contributed by atoms with E-state index in [1.165, 1.54) is 0 Å². The number of fused-ring (bicyclic) bond motifs is 1. The van der Waals surface area contributed by atoms with Crippen LogP contribution in [0.1, 0.15) is 0 Å². The van der Waals surface area contributed by atoms with Crippen molar-refractivity contribution in [3.63, 3.8) is 0 Å². The van der Waals surface area contributed by atoms with Crippen molar-refractivity contribution in [1.29, 1.82) is 0 Å². The lowest BCUT2D eigenvalue weighted by atomic mass is 9.79. The van der Waals surface area contributed by atoms with Crippen LogP contribution in [0.3, 0.4) is 0 Å². The molecule has 1 aliphatic rings. The summed E-state index contributed by atoms with van der Waals surface area (Å²) in [5.41, 5.74) is 2.02. The maximum Gasteiger partial charge on any atom is 0.632 e. The SMILES string of the molecule is C=C1OB(c2ccc3c(ccn3-c3ccccn3)c2)OC1=C. The number of nitrogens with zero attached hydrogens (tertiary/aromatic N) is 2. The Morgan fingerprint density at radius 2 is 1.82 bits per heavy atom. The van der Waals surface area contributed by atoms with Crippen LogP contribution in [0, 0.1) is 0 Å². The van der Waals surface area contributed by atoms with Gasteiger partial charge in [-0.2, -0.15) is 0 Å². The number of aromatic nitrogens is 2. The van der Waals surface area contributed by atoms with E-state index >= 15 is 0 Å². The van der Waals surface area contributed by atoms with Crippen LogP contribution in [0.15, 0.2) is 79.5 Å². The normalized spacial score (nSPS) is 14.3. The Kier molecular flexibility index (Phi) is 2.79. The molecule has 0 saturated carbocycles. The molecule has 3 aromatic rings. The number of benzene rings is 1. The zero-order chi connectivity index (χ0) is 15.1. The van der Waals surface area contributed by atoms with Crippen LogP contribution in [-0.4, -0.2) is 16.7 Å². The average Bonchev–Trinajstić information content (AvgIpc) is 3.11. The lowest BCUT2D eigenvalue weighted by Gasteiger charge is -2.06. The van der Waals surface area contributed by atoms with Crippen LogP contribution in [0.4, 0.5) is 0 Å². The number of pyridine rings is 1. The first-order valence-corrected chi connectivity index (χ1v) is 6.96. The minimum absolute atomic E-state index is 0.470. The summed E-state index contributed by atoms with van der Waals surface area (Å²) in [6, 6.07) is 14.0. The van der Waals surface area contributed by atoms with E-state index in [1.807, 2.05) is 53.2 Å². The van der Waals surface area contributed by atoms with Gasteiger partial charge in [-0.25, -0.2) is 4.98 Å². The Labute approximate surface area is 128 Å². The summed E-state index contributed by atoms with van der Waals surface area (Å²) in [5.74, 6) is 1.85. The molecule has 106 valence electrons. The third kappa shape index (κ3) is 1.99. The minimum Gasteiger partial charge on any atom is -0.520 e. The fourth-order valence-corrected chi connectivity index (χ4v) is 2.55. The van der Waals surface area contributed by atoms with Crippen LogP contribution < -0.4 is 5.46 Å². The highest BCUT2D eigenvalue weighted by molar-refractivity contribution is 6.63. The van der Waals surface area contributed by atoms with Crippen molar-refractivity contribution >= 4 is 23.5 Å². The van der Waals surface area contributed by atoms with E-state index in [0.29, 0.717) is 11.5 Å². The monoisotopic (exact) mass is 288 g/mol. The fourth-order valence-electron chi connectivity index (χ4n) is 2.55. The highest BCUT2D eigenvalue weighted by Gasteiger charge is 2.34. The first-order valence-electron chi connectivity index (χ1n) is 6.96. The second-order valence-corrected chi connectivity index (χ2v) is 5.11. The van der Waals surface area contributed by atoms with E-state index < -0.39 is 7.12 Å². The first-order chi connectivity index (χ1) is 10.7. The second-order valence-electron chi connectivity index (χ2n) is 5.11. The molecule has 0 bridgehead atoms. The lowest BCUT2D eigenvalue weighted by molar-refractivity contribution is 0.431. The summed E-state index contributed by atoms with van der Waals surface area (Å²) < 4.78 is 13.2. The molecular formula is C17H13BN2O2. The summed E-state index contributed by atoms with van der Waals surface area (Å²) in [6.07, 6.45) is 3.79. The van der Waals surface area contributed by atoms with Crippen molar-refractivity contribution in [3.8, 4) is 5.82 Å². The van der Waals surface area contributed by atoms with Gasteiger partial charge < -0.3 is 13.9 Å². The summed E-state index contributed by atoms with van der Waals surface area (Å²) in [4.78, 5) is 4.38. The smallest absolute Gasteiger partial charge is 0.520 e. The van der Waals surface area contributed by atoms with Crippen LogP contribution in [0.2, 0.25) is 0 Å². The zero-order valence-electron chi connectivity index (χ0n) is 11.9. The zero-order valence-corrected chi connectivity index (χ0v) is 11.9. The van der Waals surface area contributed by atoms with Gasteiger partial charge in [0.2, 0.25) is 0 Å². The molecule has 1 aliphatic heterocycles. The van der Waals surface area contributed by atoms with Gasteiger partial charge in [-0.1, -0.05) is 31.4 Å². The van der Waals surface area contributed by atoms with Gasteiger partial charge in [0.1, 0.15) is 17.3 Å². The quantitative estimate of drug-likeness (QED) is 0.680. The predicted octanol–water partition coefficient (Wildman–Crippen LogP) is 2.79. The maximum absolute atomic E-state index is 5.56. The molecular weight excluding hydrogens is 275 g/mol. The van der Waals surface area contributed by atoms with Gasteiger partial charge >= 0.3 is 7.12 Å². The molecule has 1 fully saturated rings. The molecule has 22 heavy (non-hydrogen) atoms. The molecule has 5 heteroatoms. The molecule has 0 unspecified atom stereocenters. The van der Waals surface area contributed by atoms with Crippen molar-refractivity contribution < 1.29 is 9.31 Å². The molecule has 0 radical (unpaired) electrons. The molecule has 3 heterocycles. The molecule has 2 aromatic heterocycles. The van der Waals surface area contributed by atoms with E-state index in [2.05, 4.69) is 18.1 Å². The van der Waals surface area contributed by atoms with Crippen LogP contribution >= 0.6 is 0 Å². The average molecular weight is 288 g/mol. The number of hydrogen-bond donors (Lipinski definition) is 0. The van der Waals surface area contributed by atoms with E-state index in [1.54, 1.807) is 6.20 Å². The Morgan fingerprint density at radius 1 is 1.00 bits per heavy atom. The highest BCUT2D eigenvalue weighted by Crippen LogP contribution is 2.23. The summed E-state index contributed by atoms with van der Waals surface area (Å²) in [6.45, 7) is 7.52. The summed E-state index contributed by atoms with van der Waals surface area (Å²) in [7, 11) is -0.470. The number of hydrogen-bond acceptors (Lipinski definition) is 3. The highest BCUT2D eigenvalue weighted by atomic mass is 16.6. The standard InChI is InChI=1S/C17H13BN2O2/c1-12-13(2)22-18(21-12)15-6-7-16-14(11-15)8-10-20(16)17-5-3-4-9-19-17/h3-11H,1-2H2. The Bertz CT molecular complexity index is 870. The molecule has 0 atom stereocenters. The van der Waals surface area contributed by atoms with Gasteiger partial charge in [-0.05, 0) is 29.7 Å². The van der Waals surface area contributed by atoms with Gasteiger partial charge in [-0.3, -0.25) is 0 Å². The van der Waals surface area contributed by atoms with Crippen molar-refractivity contribution in [3.05, 3.63) is 79.5 Å². The molecule has 1 aromatic carbocycles. The van der Waals surface area contributed by atoms with Gasteiger partial charge in [0.05, 0.1) is 5.52 Å². The van der Waals surface area contributed by atoms with Gasteiger partial charge in [-0.15, -0.1) is 0 Å². The third-order valence-electron chi connectivity index (χ3n) is 3.69. The second kappa shape index (κ2) is 4.81. The molecule has 4 rings (SSSR count). The lowest BCUT2D eigenvalue weighted by Crippen LogP contribution is -2.31. The summed E-state index contributed by atoms with van der Waals surface area (Å²) >= 11 is 0. The topological polar surface area (TPSA) is 36.3 Å². The van der Waals surface area contributed by atoms with Gasteiger partial charge in [0.15, 0.2) is 0 Å². The van der Waals surface area contributed by atoms with Crippen LogP contribution in [0.5, 0.6) is 0 Å². The van der Waals surface area contributed by atoms with Crippen molar-refractivity contribution in [1.82, 2.24) is 9.55 Å². The molecule has 0 amide bonds. The molecule has 0 aliphatic carbocycles.